The third-order valence-electron chi connectivity index (χ3n) is 2.22. The van der Waals surface area contributed by atoms with Crippen molar-refractivity contribution in [3.05, 3.63) is 12.1 Å². The van der Waals surface area contributed by atoms with Crippen LogP contribution in [0.4, 0.5) is 10.8 Å². The first-order valence-electron chi connectivity index (χ1n) is 5.05. The van der Waals surface area contributed by atoms with Crippen LogP contribution >= 0.6 is 11.3 Å². The van der Waals surface area contributed by atoms with Crippen molar-refractivity contribution >= 4 is 38.3 Å². The van der Waals surface area contributed by atoms with E-state index in [0.29, 0.717) is 22.1 Å². The number of fused-ring (bicyclic) bond motifs is 1. The number of hydrogen-bond acceptors (Lipinski definition) is 6. The van der Waals surface area contributed by atoms with E-state index in [2.05, 4.69) is 10.3 Å². The minimum Gasteiger partial charge on any atom is -0.494 e. The van der Waals surface area contributed by atoms with Gasteiger partial charge >= 0.3 is 0 Å². The van der Waals surface area contributed by atoms with Gasteiger partial charge in [-0.05, 0) is 6.07 Å². The number of nitriles is 1. The van der Waals surface area contributed by atoms with E-state index in [-0.39, 0.29) is 12.3 Å². The van der Waals surface area contributed by atoms with Crippen LogP contribution in [0.3, 0.4) is 0 Å². The first-order chi connectivity index (χ1) is 8.63. The molecule has 2 aromatic rings. The number of nitrogens with two attached hydrogens (primary N) is 1. The average molecular weight is 262 g/mol. The molecule has 0 atom stereocenters. The van der Waals surface area contributed by atoms with Crippen molar-refractivity contribution in [3.63, 3.8) is 0 Å². The summed E-state index contributed by atoms with van der Waals surface area (Å²) in [6.45, 7) is 0. The number of aromatic nitrogens is 1. The Morgan fingerprint density at radius 1 is 1.67 bits per heavy atom. The Balaban J connectivity index is 2.41. The van der Waals surface area contributed by atoms with Gasteiger partial charge in [-0.2, -0.15) is 5.26 Å². The highest BCUT2D eigenvalue weighted by Crippen LogP contribution is 2.34. The van der Waals surface area contributed by atoms with Gasteiger partial charge in [0.05, 0.1) is 17.9 Å². The van der Waals surface area contributed by atoms with Gasteiger partial charge in [-0.3, -0.25) is 4.79 Å². The van der Waals surface area contributed by atoms with Gasteiger partial charge < -0.3 is 15.8 Å². The second-order valence-electron chi connectivity index (χ2n) is 3.46. The fourth-order valence-electron chi connectivity index (χ4n) is 1.52. The van der Waals surface area contributed by atoms with Gasteiger partial charge in [0.25, 0.3) is 0 Å². The Bertz CT molecular complexity index is 644. The Kier molecular flexibility index (Phi) is 3.30. The van der Waals surface area contributed by atoms with Gasteiger partial charge in [-0.25, -0.2) is 4.98 Å². The van der Waals surface area contributed by atoms with E-state index < -0.39 is 0 Å². The van der Waals surface area contributed by atoms with E-state index >= 15 is 0 Å². The highest BCUT2D eigenvalue weighted by atomic mass is 32.1. The van der Waals surface area contributed by atoms with E-state index in [1.807, 2.05) is 0 Å². The number of nitrogens with zero attached hydrogens (tertiary/aromatic N) is 2. The van der Waals surface area contributed by atoms with Crippen LogP contribution in [-0.2, 0) is 4.79 Å². The van der Waals surface area contributed by atoms with Gasteiger partial charge in [0.15, 0.2) is 5.13 Å². The number of nitrogen functional groups attached to an aromatic ring is 1. The molecule has 0 saturated heterocycles. The summed E-state index contributed by atoms with van der Waals surface area (Å²) in [6, 6.07) is 5.19. The second kappa shape index (κ2) is 4.89. The molecule has 6 nitrogen and oxygen atoms in total. The van der Waals surface area contributed by atoms with Crippen LogP contribution in [0.25, 0.3) is 10.2 Å². The molecule has 0 aliphatic carbocycles. The Hall–Kier alpha value is -2.33. The monoisotopic (exact) mass is 262 g/mol. The number of benzene rings is 1. The van der Waals surface area contributed by atoms with Crippen LogP contribution in [-0.4, -0.2) is 18.0 Å². The lowest BCUT2D eigenvalue weighted by Gasteiger charge is -2.06. The number of carbonyl (C=O) groups excluding carboxylic acids is 1. The molecule has 1 heterocycles. The molecule has 0 radical (unpaired) electrons. The SMILES string of the molecule is COc1cc(NC(=O)CC#N)cc2sc(N)nc12. The molecule has 0 saturated carbocycles. The standard InChI is InChI=1S/C11H10N4O2S/c1-17-7-4-6(14-9(16)2-3-12)5-8-10(7)15-11(13)18-8/h4-5H,2H2,1H3,(H2,13,15)(H,14,16). The van der Waals surface area contributed by atoms with Gasteiger partial charge in [-0.1, -0.05) is 11.3 Å². The highest BCUT2D eigenvalue weighted by molar-refractivity contribution is 7.22. The zero-order valence-corrected chi connectivity index (χ0v) is 10.4. The summed E-state index contributed by atoms with van der Waals surface area (Å²) in [4.78, 5) is 15.5. The molecular weight excluding hydrogens is 252 g/mol. The number of carbonyl (C=O) groups is 1. The van der Waals surface area contributed by atoms with Crippen molar-refractivity contribution in [2.45, 2.75) is 6.42 Å². The number of ether oxygens (including phenoxy) is 1. The number of rotatable bonds is 3. The number of thiazole rings is 1. The van der Waals surface area contributed by atoms with Crippen LogP contribution in [0, 0.1) is 11.3 Å². The van der Waals surface area contributed by atoms with Crippen molar-refractivity contribution in [2.75, 3.05) is 18.2 Å². The quantitative estimate of drug-likeness (QED) is 0.877. The molecule has 0 bridgehead atoms. The van der Waals surface area contributed by atoms with Crippen molar-refractivity contribution < 1.29 is 9.53 Å². The van der Waals surface area contributed by atoms with Gasteiger partial charge in [0.1, 0.15) is 17.7 Å². The van der Waals surface area contributed by atoms with Crippen molar-refractivity contribution in [1.82, 2.24) is 4.98 Å². The third kappa shape index (κ3) is 2.33. The highest BCUT2D eigenvalue weighted by Gasteiger charge is 2.11. The maximum atomic E-state index is 11.3. The van der Waals surface area contributed by atoms with Crippen molar-refractivity contribution in [1.29, 1.82) is 5.26 Å². The molecule has 1 aromatic heterocycles. The minimum absolute atomic E-state index is 0.189. The third-order valence-corrected chi connectivity index (χ3v) is 3.05. The number of amides is 1. The summed E-state index contributed by atoms with van der Waals surface area (Å²) >= 11 is 1.31. The normalized spacial score (nSPS) is 10.0. The van der Waals surface area contributed by atoms with Crippen LogP contribution in [0.5, 0.6) is 5.75 Å². The maximum Gasteiger partial charge on any atom is 0.238 e. The van der Waals surface area contributed by atoms with Crippen LogP contribution in [0.2, 0.25) is 0 Å². The molecule has 0 unspecified atom stereocenters. The number of hydrogen-bond donors (Lipinski definition) is 2. The Morgan fingerprint density at radius 3 is 3.11 bits per heavy atom. The number of nitrogens with one attached hydrogen (secondary N) is 1. The minimum atomic E-state index is -0.364. The molecule has 0 aliphatic rings. The van der Waals surface area contributed by atoms with Crippen LogP contribution < -0.4 is 15.8 Å². The molecule has 7 heteroatoms. The fourth-order valence-corrected chi connectivity index (χ4v) is 2.31. The van der Waals surface area contributed by atoms with Gasteiger partial charge in [-0.15, -0.1) is 0 Å². The summed E-state index contributed by atoms with van der Waals surface area (Å²) in [6.07, 6.45) is -0.189. The lowest BCUT2D eigenvalue weighted by atomic mass is 10.2. The summed E-state index contributed by atoms with van der Waals surface area (Å²) in [5.41, 5.74) is 6.86. The summed E-state index contributed by atoms with van der Waals surface area (Å²) in [5, 5.41) is 11.5. The molecule has 92 valence electrons. The predicted molar refractivity (Wildman–Crippen MR) is 69.4 cm³/mol. The van der Waals surface area contributed by atoms with Crippen molar-refractivity contribution in [2.24, 2.45) is 0 Å². The van der Waals surface area contributed by atoms with Gasteiger partial charge in [0.2, 0.25) is 5.91 Å². The summed E-state index contributed by atoms with van der Waals surface area (Å²) in [7, 11) is 1.52. The van der Waals surface area contributed by atoms with Crippen LogP contribution in [0.15, 0.2) is 12.1 Å². The van der Waals surface area contributed by atoms with E-state index in [9.17, 15) is 4.79 Å². The van der Waals surface area contributed by atoms with Crippen LogP contribution in [0.1, 0.15) is 6.42 Å². The lowest BCUT2D eigenvalue weighted by Crippen LogP contribution is -2.10. The molecule has 0 fully saturated rings. The zero-order valence-electron chi connectivity index (χ0n) is 9.56. The molecular formula is C11H10N4O2S. The summed E-state index contributed by atoms with van der Waals surface area (Å²) in [5.74, 6) is 0.170. The molecule has 0 aliphatic heterocycles. The number of methoxy groups -OCH3 is 1. The lowest BCUT2D eigenvalue weighted by molar-refractivity contribution is -0.115. The fraction of sp³-hybridized carbons (Fsp3) is 0.182. The van der Waals surface area contributed by atoms with Crippen molar-refractivity contribution in [3.8, 4) is 11.8 Å². The first-order valence-corrected chi connectivity index (χ1v) is 5.86. The maximum absolute atomic E-state index is 11.3. The number of anilines is 2. The largest absolute Gasteiger partial charge is 0.494 e. The van der Waals surface area contributed by atoms with E-state index in [0.717, 1.165) is 4.70 Å². The zero-order chi connectivity index (χ0) is 13.1. The Morgan fingerprint density at radius 2 is 2.44 bits per heavy atom. The molecule has 1 amide bonds. The molecule has 0 spiro atoms. The molecule has 1 aromatic carbocycles. The first kappa shape index (κ1) is 12.1. The molecule has 18 heavy (non-hydrogen) atoms. The predicted octanol–water partition coefficient (Wildman–Crippen LogP) is 1.74. The smallest absolute Gasteiger partial charge is 0.238 e. The summed E-state index contributed by atoms with van der Waals surface area (Å²) < 4.78 is 6.01. The van der Waals surface area contributed by atoms with E-state index in [1.165, 1.54) is 18.4 Å². The molecule has 3 N–H and O–H groups in total. The average Bonchev–Trinajstić information content (AvgIpc) is 2.68. The van der Waals surface area contributed by atoms with Gasteiger partial charge in [0, 0.05) is 11.8 Å². The van der Waals surface area contributed by atoms with E-state index in [1.54, 1.807) is 18.2 Å². The second-order valence-corrected chi connectivity index (χ2v) is 4.52. The van der Waals surface area contributed by atoms with E-state index in [4.69, 9.17) is 15.7 Å². The Labute approximate surface area is 107 Å². The molecule has 2 rings (SSSR count). The topological polar surface area (TPSA) is 101 Å².